The summed E-state index contributed by atoms with van der Waals surface area (Å²) in [6.45, 7) is 4.59. The Labute approximate surface area is 150 Å². The van der Waals surface area contributed by atoms with Crippen LogP contribution in [0, 0.1) is 18.3 Å². The standard InChI is InChI=1S/C18H17N7O/c1-13-10-16(25-18(22-13)20-12-21-25)23-6-8-24(9-7-23)17(26)15-4-2-14(11-19)3-5-15/h2-5,10,12H,6-9H2,1H3. The van der Waals surface area contributed by atoms with Crippen LogP contribution in [0.5, 0.6) is 0 Å². The Hall–Kier alpha value is -3.47. The van der Waals surface area contributed by atoms with E-state index in [0.29, 0.717) is 43.1 Å². The molecule has 0 atom stereocenters. The van der Waals surface area contributed by atoms with Gasteiger partial charge >= 0.3 is 0 Å². The summed E-state index contributed by atoms with van der Waals surface area (Å²) in [7, 11) is 0. The quantitative estimate of drug-likeness (QED) is 0.693. The Morgan fingerprint density at radius 1 is 1.15 bits per heavy atom. The van der Waals surface area contributed by atoms with Gasteiger partial charge in [-0.1, -0.05) is 0 Å². The minimum Gasteiger partial charge on any atom is -0.353 e. The third-order valence-electron chi connectivity index (χ3n) is 4.51. The van der Waals surface area contributed by atoms with E-state index in [2.05, 4.69) is 26.0 Å². The van der Waals surface area contributed by atoms with E-state index in [1.807, 2.05) is 17.9 Å². The lowest BCUT2D eigenvalue weighted by atomic mass is 10.1. The van der Waals surface area contributed by atoms with Gasteiger partial charge in [-0.2, -0.15) is 19.9 Å². The number of nitriles is 1. The van der Waals surface area contributed by atoms with Crippen molar-refractivity contribution in [1.82, 2.24) is 24.5 Å². The number of nitrogens with zero attached hydrogens (tertiary/aromatic N) is 7. The molecule has 0 unspecified atom stereocenters. The van der Waals surface area contributed by atoms with Gasteiger partial charge in [0.05, 0.1) is 11.6 Å². The van der Waals surface area contributed by atoms with Crippen LogP contribution in [0.3, 0.4) is 0 Å². The Bertz CT molecular complexity index is 995. The summed E-state index contributed by atoms with van der Waals surface area (Å²) in [6.07, 6.45) is 1.50. The summed E-state index contributed by atoms with van der Waals surface area (Å²) < 4.78 is 1.73. The van der Waals surface area contributed by atoms with Gasteiger partial charge in [-0.25, -0.2) is 4.98 Å². The van der Waals surface area contributed by atoms with Crippen LogP contribution in [0.15, 0.2) is 36.7 Å². The second-order valence-electron chi connectivity index (χ2n) is 6.20. The maximum absolute atomic E-state index is 12.7. The molecule has 26 heavy (non-hydrogen) atoms. The van der Waals surface area contributed by atoms with Gasteiger partial charge in [-0.05, 0) is 31.2 Å². The van der Waals surface area contributed by atoms with Gasteiger partial charge in [0, 0.05) is 43.5 Å². The summed E-state index contributed by atoms with van der Waals surface area (Å²) in [5, 5.41) is 13.1. The molecule has 0 saturated carbocycles. The third-order valence-corrected chi connectivity index (χ3v) is 4.51. The number of anilines is 1. The summed E-state index contributed by atoms with van der Waals surface area (Å²) in [5.41, 5.74) is 2.05. The van der Waals surface area contributed by atoms with Crippen molar-refractivity contribution in [3.63, 3.8) is 0 Å². The molecule has 0 radical (unpaired) electrons. The second-order valence-corrected chi connectivity index (χ2v) is 6.20. The molecule has 130 valence electrons. The first kappa shape index (κ1) is 16.0. The van der Waals surface area contributed by atoms with Crippen LogP contribution in [0.4, 0.5) is 5.82 Å². The van der Waals surface area contributed by atoms with Gasteiger partial charge in [0.15, 0.2) is 0 Å². The first-order chi connectivity index (χ1) is 12.7. The highest BCUT2D eigenvalue weighted by atomic mass is 16.2. The Kier molecular flexibility index (Phi) is 3.97. The average Bonchev–Trinajstić information content (AvgIpc) is 3.15. The monoisotopic (exact) mass is 347 g/mol. The van der Waals surface area contributed by atoms with Gasteiger partial charge < -0.3 is 9.80 Å². The Morgan fingerprint density at radius 3 is 2.58 bits per heavy atom. The van der Waals surface area contributed by atoms with Crippen LogP contribution >= 0.6 is 0 Å². The zero-order valence-electron chi connectivity index (χ0n) is 14.3. The number of carbonyl (C=O) groups excluding carboxylic acids is 1. The molecule has 3 heterocycles. The molecule has 1 aliphatic rings. The van der Waals surface area contributed by atoms with Crippen LogP contribution < -0.4 is 4.90 Å². The molecule has 1 aliphatic heterocycles. The van der Waals surface area contributed by atoms with Crippen molar-refractivity contribution in [1.29, 1.82) is 5.26 Å². The largest absolute Gasteiger partial charge is 0.353 e. The van der Waals surface area contributed by atoms with Crippen LogP contribution in [0.1, 0.15) is 21.6 Å². The zero-order valence-corrected chi connectivity index (χ0v) is 14.3. The van der Waals surface area contributed by atoms with E-state index in [1.165, 1.54) is 6.33 Å². The number of hydrogen-bond acceptors (Lipinski definition) is 6. The first-order valence-corrected chi connectivity index (χ1v) is 8.37. The number of carbonyl (C=O) groups is 1. The van der Waals surface area contributed by atoms with Crippen molar-refractivity contribution in [2.75, 3.05) is 31.1 Å². The van der Waals surface area contributed by atoms with Gasteiger partial charge in [0.25, 0.3) is 11.7 Å². The van der Waals surface area contributed by atoms with Crippen molar-refractivity contribution in [2.24, 2.45) is 0 Å². The molecule has 2 aromatic heterocycles. The maximum atomic E-state index is 12.7. The lowest BCUT2D eigenvalue weighted by Gasteiger charge is -2.36. The molecule has 0 N–H and O–H groups in total. The Morgan fingerprint density at radius 2 is 1.88 bits per heavy atom. The molecule has 8 nitrogen and oxygen atoms in total. The van der Waals surface area contributed by atoms with Crippen LogP contribution in [-0.4, -0.2) is 56.6 Å². The predicted molar refractivity (Wildman–Crippen MR) is 94.8 cm³/mol. The number of aryl methyl sites for hydroxylation is 1. The molecule has 4 rings (SSSR count). The summed E-state index contributed by atoms with van der Waals surface area (Å²) in [6, 6.07) is 10.8. The molecule has 0 bridgehead atoms. The zero-order chi connectivity index (χ0) is 18.1. The van der Waals surface area contributed by atoms with Crippen molar-refractivity contribution in [2.45, 2.75) is 6.92 Å². The van der Waals surface area contributed by atoms with Gasteiger partial charge in [0.2, 0.25) is 0 Å². The molecule has 1 amide bonds. The molecular formula is C18H17N7O. The predicted octanol–water partition coefficient (Wildman–Crippen LogP) is 1.27. The molecule has 0 aliphatic carbocycles. The first-order valence-electron chi connectivity index (χ1n) is 8.37. The number of fused-ring (bicyclic) bond motifs is 1. The third kappa shape index (κ3) is 2.84. The normalized spacial score (nSPS) is 14.5. The molecule has 1 fully saturated rings. The lowest BCUT2D eigenvalue weighted by molar-refractivity contribution is 0.0746. The van der Waals surface area contributed by atoms with E-state index < -0.39 is 0 Å². The summed E-state index contributed by atoms with van der Waals surface area (Å²) in [4.78, 5) is 25.2. The fourth-order valence-electron chi connectivity index (χ4n) is 3.15. The van der Waals surface area contributed by atoms with Gasteiger partial charge in [0.1, 0.15) is 12.1 Å². The lowest BCUT2D eigenvalue weighted by Crippen LogP contribution is -2.49. The number of rotatable bonds is 2. The second kappa shape index (κ2) is 6.44. The van der Waals surface area contributed by atoms with Crippen molar-refractivity contribution in [3.05, 3.63) is 53.5 Å². The number of amides is 1. The molecule has 8 heteroatoms. The SMILES string of the molecule is Cc1cc(N2CCN(C(=O)c3ccc(C#N)cc3)CC2)n2ncnc2n1. The minimum absolute atomic E-state index is 0.00838. The van der Waals surface area contributed by atoms with E-state index in [1.54, 1.807) is 28.8 Å². The van der Waals surface area contributed by atoms with Crippen molar-refractivity contribution >= 4 is 17.5 Å². The highest BCUT2D eigenvalue weighted by molar-refractivity contribution is 5.94. The number of piperazine rings is 1. The fourth-order valence-corrected chi connectivity index (χ4v) is 3.15. The average molecular weight is 347 g/mol. The molecule has 1 aromatic carbocycles. The fraction of sp³-hybridized carbons (Fsp3) is 0.278. The minimum atomic E-state index is -0.00838. The van der Waals surface area contributed by atoms with Crippen molar-refractivity contribution in [3.8, 4) is 6.07 Å². The van der Waals surface area contributed by atoms with E-state index >= 15 is 0 Å². The van der Waals surface area contributed by atoms with E-state index in [-0.39, 0.29) is 5.91 Å². The summed E-state index contributed by atoms with van der Waals surface area (Å²) in [5.74, 6) is 1.51. The summed E-state index contributed by atoms with van der Waals surface area (Å²) >= 11 is 0. The molecule has 3 aromatic rings. The number of benzene rings is 1. The maximum Gasteiger partial charge on any atom is 0.254 e. The van der Waals surface area contributed by atoms with E-state index in [4.69, 9.17) is 5.26 Å². The smallest absolute Gasteiger partial charge is 0.254 e. The highest BCUT2D eigenvalue weighted by Gasteiger charge is 2.24. The van der Waals surface area contributed by atoms with Gasteiger partial charge in [-0.3, -0.25) is 4.79 Å². The van der Waals surface area contributed by atoms with Crippen LogP contribution in [-0.2, 0) is 0 Å². The van der Waals surface area contributed by atoms with Gasteiger partial charge in [-0.15, -0.1) is 0 Å². The van der Waals surface area contributed by atoms with E-state index in [9.17, 15) is 4.79 Å². The van der Waals surface area contributed by atoms with Crippen molar-refractivity contribution < 1.29 is 4.79 Å². The topological polar surface area (TPSA) is 90.4 Å². The highest BCUT2D eigenvalue weighted by Crippen LogP contribution is 2.19. The van der Waals surface area contributed by atoms with Crippen LogP contribution in [0.25, 0.3) is 5.78 Å². The molecule has 1 saturated heterocycles. The number of aromatic nitrogens is 4. The molecular weight excluding hydrogens is 330 g/mol. The molecule has 0 spiro atoms. The van der Waals surface area contributed by atoms with Crippen LogP contribution in [0.2, 0.25) is 0 Å². The number of hydrogen-bond donors (Lipinski definition) is 0. The van der Waals surface area contributed by atoms with E-state index in [0.717, 1.165) is 11.5 Å². The Balaban J connectivity index is 1.49.